The minimum absolute atomic E-state index is 0.246. The van der Waals surface area contributed by atoms with Crippen LogP contribution in [0.1, 0.15) is 36.7 Å². The lowest BCUT2D eigenvalue weighted by Crippen LogP contribution is -2.20. The zero-order valence-electron chi connectivity index (χ0n) is 11.7. The first-order valence-corrected chi connectivity index (χ1v) is 6.62. The van der Waals surface area contributed by atoms with Crippen molar-refractivity contribution >= 4 is 0 Å². The summed E-state index contributed by atoms with van der Waals surface area (Å²) < 4.78 is 33.0. The van der Waals surface area contributed by atoms with E-state index >= 15 is 0 Å². The summed E-state index contributed by atoms with van der Waals surface area (Å²) in [4.78, 5) is 0. The second-order valence-corrected chi connectivity index (χ2v) is 5.49. The molecule has 1 aromatic carbocycles. The number of aromatic nitrogens is 2. The lowest BCUT2D eigenvalue weighted by molar-refractivity contribution is -0.159. The van der Waals surface area contributed by atoms with Gasteiger partial charge in [-0.3, -0.25) is 0 Å². The Balaban J connectivity index is 2.05. The van der Waals surface area contributed by atoms with Gasteiger partial charge in [-0.25, -0.2) is 4.68 Å². The topological polar surface area (TPSA) is 27.1 Å². The van der Waals surface area contributed by atoms with Gasteiger partial charge in [-0.1, -0.05) is 19.9 Å². The molecule has 0 saturated carbocycles. The minimum Gasteiger partial charge on any atom is -0.432 e. The molecular weight excluding hydrogens is 262 g/mol. The molecule has 2 aromatic rings. The van der Waals surface area contributed by atoms with Gasteiger partial charge >= 0.3 is 6.11 Å². The molecule has 3 rings (SSSR count). The van der Waals surface area contributed by atoms with Crippen LogP contribution in [0.25, 0.3) is 5.69 Å². The van der Waals surface area contributed by atoms with Gasteiger partial charge in [0.05, 0.1) is 17.8 Å². The predicted molar refractivity (Wildman–Crippen MR) is 71.7 cm³/mol. The zero-order valence-corrected chi connectivity index (χ0v) is 11.7. The van der Waals surface area contributed by atoms with Crippen LogP contribution in [0.15, 0.2) is 24.3 Å². The van der Waals surface area contributed by atoms with Gasteiger partial charge in [0.2, 0.25) is 0 Å². The van der Waals surface area contributed by atoms with Gasteiger partial charge in [-0.15, -0.1) is 0 Å². The highest BCUT2D eigenvalue weighted by atomic mass is 19.3. The van der Waals surface area contributed by atoms with Crippen LogP contribution in [0.4, 0.5) is 8.78 Å². The van der Waals surface area contributed by atoms with Gasteiger partial charge in [-0.2, -0.15) is 13.9 Å². The van der Waals surface area contributed by atoms with Crippen LogP contribution in [-0.2, 0) is 6.42 Å². The highest BCUT2D eigenvalue weighted by Gasteiger charge is 2.39. The largest absolute Gasteiger partial charge is 0.432 e. The number of nitrogens with zero attached hydrogens (tertiary/aromatic N) is 2. The van der Waals surface area contributed by atoms with Gasteiger partial charge < -0.3 is 4.74 Å². The molecule has 20 heavy (non-hydrogen) atoms. The van der Waals surface area contributed by atoms with E-state index in [1.165, 1.54) is 0 Å². The van der Waals surface area contributed by atoms with E-state index in [1.54, 1.807) is 16.8 Å². The second kappa shape index (κ2) is 4.30. The van der Waals surface area contributed by atoms with Crippen LogP contribution in [0.5, 0.6) is 5.75 Å². The molecule has 0 atom stereocenters. The van der Waals surface area contributed by atoms with E-state index in [1.807, 2.05) is 19.1 Å². The van der Waals surface area contributed by atoms with Crippen molar-refractivity contribution in [2.45, 2.75) is 39.2 Å². The molecule has 0 saturated heterocycles. The number of fused-ring (bicyclic) bond motifs is 1. The normalized spacial score (nSPS) is 16.3. The second-order valence-electron chi connectivity index (χ2n) is 5.49. The molecule has 1 aromatic heterocycles. The molecule has 0 fully saturated rings. The summed E-state index contributed by atoms with van der Waals surface area (Å²) in [7, 11) is 0. The SMILES string of the molecule is Cc1cc(C(C)C)n(-c2ccc3c(c2)OC(F)(F)C3)n1. The highest BCUT2D eigenvalue weighted by molar-refractivity contribution is 5.48. The van der Waals surface area contributed by atoms with E-state index in [0.29, 0.717) is 11.5 Å². The smallest absolute Gasteiger partial charge is 0.402 e. The summed E-state index contributed by atoms with van der Waals surface area (Å²) >= 11 is 0. The summed E-state index contributed by atoms with van der Waals surface area (Å²) in [6.45, 7) is 6.07. The van der Waals surface area contributed by atoms with E-state index in [2.05, 4.69) is 23.7 Å². The Labute approximate surface area is 116 Å². The monoisotopic (exact) mass is 278 g/mol. The van der Waals surface area contributed by atoms with E-state index in [0.717, 1.165) is 17.1 Å². The van der Waals surface area contributed by atoms with Gasteiger partial charge in [0, 0.05) is 17.3 Å². The maximum atomic E-state index is 13.2. The number of aryl methyl sites for hydroxylation is 1. The lowest BCUT2D eigenvalue weighted by Gasteiger charge is -2.11. The van der Waals surface area contributed by atoms with E-state index in [9.17, 15) is 8.78 Å². The number of alkyl halides is 2. The zero-order chi connectivity index (χ0) is 14.5. The Bertz CT molecular complexity index is 662. The van der Waals surface area contributed by atoms with Crippen molar-refractivity contribution in [2.24, 2.45) is 0 Å². The third-order valence-electron chi connectivity index (χ3n) is 3.40. The van der Waals surface area contributed by atoms with Crippen LogP contribution in [0.2, 0.25) is 0 Å². The first-order chi connectivity index (χ1) is 9.35. The number of benzene rings is 1. The van der Waals surface area contributed by atoms with Crippen molar-refractivity contribution in [2.75, 3.05) is 0 Å². The lowest BCUT2D eigenvalue weighted by atomic mass is 10.1. The van der Waals surface area contributed by atoms with Crippen LogP contribution < -0.4 is 4.74 Å². The molecule has 3 nitrogen and oxygen atoms in total. The van der Waals surface area contributed by atoms with E-state index in [4.69, 9.17) is 0 Å². The maximum absolute atomic E-state index is 13.2. The fourth-order valence-electron chi connectivity index (χ4n) is 2.47. The summed E-state index contributed by atoms with van der Waals surface area (Å²) in [5.74, 6) is 0.544. The molecule has 0 radical (unpaired) electrons. The van der Waals surface area contributed by atoms with E-state index in [-0.39, 0.29) is 12.2 Å². The quantitative estimate of drug-likeness (QED) is 0.834. The van der Waals surface area contributed by atoms with Crippen LogP contribution in [0, 0.1) is 6.92 Å². The van der Waals surface area contributed by atoms with Crippen molar-refractivity contribution in [1.29, 1.82) is 0 Å². The Morgan fingerprint density at radius 3 is 2.75 bits per heavy atom. The number of hydrogen-bond donors (Lipinski definition) is 0. The molecule has 1 aliphatic heterocycles. The molecule has 0 unspecified atom stereocenters. The first kappa shape index (κ1) is 13.1. The van der Waals surface area contributed by atoms with Crippen LogP contribution in [-0.4, -0.2) is 15.9 Å². The summed E-state index contributed by atoms with van der Waals surface area (Å²) in [6.07, 6.45) is -3.46. The van der Waals surface area contributed by atoms with Crippen molar-refractivity contribution in [3.63, 3.8) is 0 Å². The van der Waals surface area contributed by atoms with E-state index < -0.39 is 6.11 Å². The van der Waals surface area contributed by atoms with Crippen LogP contribution >= 0.6 is 0 Å². The molecular formula is C15H16F2N2O. The molecule has 0 N–H and O–H groups in total. The number of rotatable bonds is 2. The molecule has 1 aliphatic rings. The van der Waals surface area contributed by atoms with Gasteiger partial charge in [-0.05, 0) is 25.0 Å². The Morgan fingerprint density at radius 1 is 1.30 bits per heavy atom. The molecule has 0 spiro atoms. The third-order valence-corrected chi connectivity index (χ3v) is 3.40. The molecule has 0 amide bonds. The van der Waals surface area contributed by atoms with Crippen molar-refractivity contribution in [1.82, 2.24) is 9.78 Å². The Kier molecular flexibility index (Phi) is 2.81. The van der Waals surface area contributed by atoms with Gasteiger partial charge in [0.1, 0.15) is 5.75 Å². The van der Waals surface area contributed by atoms with Gasteiger partial charge in [0.25, 0.3) is 0 Å². The number of ether oxygens (including phenoxy) is 1. The molecule has 2 heterocycles. The average Bonchev–Trinajstić information content (AvgIpc) is 2.86. The highest BCUT2D eigenvalue weighted by Crippen LogP contribution is 2.38. The van der Waals surface area contributed by atoms with Crippen molar-refractivity contribution in [3.05, 3.63) is 41.2 Å². The summed E-state index contributed by atoms with van der Waals surface area (Å²) in [6, 6.07) is 7.14. The van der Waals surface area contributed by atoms with Gasteiger partial charge in [0.15, 0.2) is 0 Å². The fraction of sp³-hybridized carbons (Fsp3) is 0.400. The summed E-state index contributed by atoms with van der Waals surface area (Å²) in [5, 5.41) is 4.44. The first-order valence-electron chi connectivity index (χ1n) is 6.62. The molecule has 0 bridgehead atoms. The predicted octanol–water partition coefficient (Wildman–Crippen LogP) is 3.83. The number of hydrogen-bond acceptors (Lipinski definition) is 2. The standard InChI is InChI=1S/C15H16F2N2O/c1-9(2)13-6-10(3)18-19(13)12-5-4-11-8-15(16,17)20-14(11)7-12/h4-7,9H,8H2,1-3H3. The van der Waals surface area contributed by atoms with Crippen molar-refractivity contribution < 1.29 is 13.5 Å². The third kappa shape index (κ3) is 2.17. The molecule has 106 valence electrons. The Morgan fingerprint density at radius 2 is 2.05 bits per heavy atom. The molecule has 0 aliphatic carbocycles. The fourth-order valence-corrected chi connectivity index (χ4v) is 2.47. The number of halogens is 2. The minimum atomic E-state index is -3.10. The maximum Gasteiger partial charge on any atom is 0.402 e. The Hall–Kier alpha value is -1.91. The van der Waals surface area contributed by atoms with Crippen molar-refractivity contribution in [3.8, 4) is 11.4 Å². The summed E-state index contributed by atoms with van der Waals surface area (Å²) in [5.41, 5.74) is 3.24. The average molecular weight is 278 g/mol. The molecule has 5 heteroatoms. The van der Waals surface area contributed by atoms with Crippen LogP contribution in [0.3, 0.4) is 0 Å².